The summed E-state index contributed by atoms with van der Waals surface area (Å²) in [6, 6.07) is 11.7. The Hall–Kier alpha value is -1.53. The van der Waals surface area contributed by atoms with E-state index < -0.39 is 12.0 Å². The smallest absolute Gasteiger partial charge is 0.330 e. The molecule has 21 heavy (non-hydrogen) atoms. The van der Waals surface area contributed by atoms with Crippen LogP contribution in [0, 0.1) is 0 Å². The number of para-hydroxylation sites is 1. The van der Waals surface area contributed by atoms with Crippen LogP contribution in [0.3, 0.4) is 0 Å². The number of carboxylic acid groups (broad SMARTS) is 1. The lowest BCUT2D eigenvalue weighted by Crippen LogP contribution is -2.21. The van der Waals surface area contributed by atoms with Gasteiger partial charge in [-0.15, -0.1) is 0 Å². The lowest BCUT2D eigenvalue weighted by Gasteiger charge is -2.19. The summed E-state index contributed by atoms with van der Waals surface area (Å²) in [7, 11) is 1.55. The molecular formula is C15H13Br2NO3. The molecule has 0 saturated carbocycles. The normalized spacial score (nSPS) is 11.8. The molecule has 1 unspecified atom stereocenters. The van der Waals surface area contributed by atoms with Crippen LogP contribution in [0.15, 0.2) is 51.4 Å². The maximum absolute atomic E-state index is 11.6. The number of carbonyl (C=O) groups is 1. The number of methoxy groups -OCH3 is 1. The Bertz CT molecular complexity index is 661. The highest BCUT2D eigenvalue weighted by molar-refractivity contribution is 9.11. The number of hydrogen-bond donors (Lipinski definition) is 2. The molecule has 2 N–H and O–H groups in total. The van der Waals surface area contributed by atoms with Crippen LogP contribution in [0.25, 0.3) is 0 Å². The van der Waals surface area contributed by atoms with Crippen LogP contribution in [-0.4, -0.2) is 18.2 Å². The lowest BCUT2D eigenvalue weighted by atomic mass is 10.1. The van der Waals surface area contributed by atoms with Crippen molar-refractivity contribution in [3.05, 3.63) is 57.0 Å². The fourth-order valence-electron chi connectivity index (χ4n) is 1.88. The van der Waals surface area contributed by atoms with Gasteiger partial charge >= 0.3 is 5.97 Å². The molecule has 2 aromatic rings. The average molecular weight is 415 g/mol. The topological polar surface area (TPSA) is 58.6 Å². The van der Waals surface area contributed by atoms with Gasteiger partial charge in [-0.3, -0.25) is 0 Å². The number of anilines is 1. The Kier molecular flexibility index (Phi) is 5.25. The van der Waals surface area contributed by atoms with E-state index in [-0.39, 0.29) is 0 Å². The van der Waals surface area contributed by atoms with E-state index in [1.165, 1.54) is 0 Å². The summed E-state index contributed by atoms with van der Waals surface area (Å²) in [4.78, 5) is 11.6. The first-order valence-electron chi connectivity index (χ1n) is 6.10. The number of carboxylic acids is 1. The van der Waals surface area contributed by atoms with Gasteiger partial charge in [-0.05, 0) is 46.3 Å². The fourth-order valence-corrected chi connectivity index (χ4v) is 2.75. The third-order valence-corrected chi connectivity index (χ3v) is 4.35. The molecular weight excluding hydrogens is 402 g/mol. The first-order chi connectivity index (χ1) is 10.0. The molecule has 2 aromatic carbocycles. The molecule has 0 heterocycles. The molecule has 110 valence electrons. The summed E-state index contributed by atoms with van der Waals surface area (Å²) in [5.41, 5.74) is 1.30. The zero-order chi connectivity index (χ0) is 15.4. The molecule has 0 aromatic heterocycles. The molecule has 0 aliphatic rings. The van der Waals surface area contributed by atoms with Gasteiger partial charge in [0, 0.05) is 20.2 Å². The highest BCUT2D eigenvalue weighted by Crippen LogP contribution is 2.32. The highest BCUT2D eigenvalue weighted by atomic mass is 79.9. The van der Waals surface area contributed by atoms with Gasteiger partial charge in [-0.2, -0.15) is 0 Å². The highest BCUT2D eigenvalue weighted by Gasteiger charge is 2.23. The largest absolute Gasteiger partial charge is 0.497 e. The molecule has 0 saturated heterocycles. The monoisotopic (exact) mass is 413 g/mol. The van der Waals surface area contributed by atoms with Crippen molar-refractivity contribution >= 4 is 43.5 Å². The molecule has 0 bridgehead atoms. The van der Waals surface area contributed by atoms with Crippen molar-refractivity contribution in [2.75, 3.05) is 12.4 Å². The second-order valence-electron chi connectivity index (χ2n) is 4.28. The van der Waals surface area contributed by atoms with Crippen LogP contribution >= 0.6 is 31.9 Å². The summed E-state index contributed by atoms with van der Waals surface area (Å²) < 4.78 is 6.67. The van der Waals surface area contributed by atoms with Gasteiger partial charge in [-0.25, -0.2) is 4.79 Å². The Labute approximate surface area is 139 Å². The average Bonchev–Trinajstić information content (AvgIpc) is 2.47. The zero-order valence-corrected chi connectivity index (χ0v) is 14.3. The van der Waals surface area contributed by atoms with Crippen LogP contribution in [0.5, 0.6) is 5.75 Å². The standard InChI is InChI=1S/C15H13Br2NO3/c1-21-9-6-7-11(16)10(8-9)14(15(19)20)18-13-5-3-2-4-12(13)17/h2-8,14,18H,1H3,(H,19,20). The molecule has 2 rings (SSSR count). The van der Waals surface area contributed by atoms with Gasteiger partial charge in [0.15, 0.2) is 6.04 Å². The van der Waals surface area contributed by atoms with Crippen molar-refractivity contribution in [3.8, 4) is 5.75 Å². The van der Waals surface area contributed by atoms with Gasteiger partial charge in [0.25, 0.3) is 0 Å². The molecule has 0 fully saturated rings. The fraction of sp³-hybridized carbons (Fsp3) is 0.133. The van der Waals surface area contributed by atoms with Gasteiger partial charge in [0.2, 0.25) is 0 Å². The van der Waals surface area contributed by atoms with Gasteiger partial charge < -0.3 is 15.2 Å². The third-order valence-electron chi connectivity index (χ3n) is 2.93. The van der Waals surface area contributed by atoms with Crippen molar-refractivity contribution < 1.29 is 14.6 Å². The van der Waals surface area contributed by atoms with Crippen molar-refractivity contribution in [1.29, 1.82) is 0 Å². The van der Waals surface area contributed by atoms with E-state index in [0.29, 0.717) is 21.5 Å². The van der Waals surface area contributed by atoms with E-state index in [1.54, 1.807) is 25.3 Å². The maximum atomic E-state index is 11.6. The predicted octanol–water partition coefficient (Wildman–Crippen LogP) is 4.46. The number of aliphatic carboxylic acids is 1. The lowest BCUT2D eigenvalue weighted by molar-refractivity contribution is -0.138. The first-order valence-corrected chi connectivity index (χ1v) is 7.69. The summed E-state index contributed by atoms with van der Waals surface area (Å²) in [5, 5.41) is 12.6. The van der Waals surface area contributed by atoms with E-state index in [1.807, 2.05) is 24.3 Å². The summed E-state index contributed by atoms with van der Waals surface area (Å²) in [6.45, 7) is 0. The van der Waals surface area contributed by atoms with E-state index in [2.05, 4.69) is 37.2 Å². The van der Waals surface area contributed by atoms with Crippen molar-refractivity contribution in [2.24, 2.45) is 0 Å². The van der Waals surface area contributed by atoms with E-state index in [9.17, 15) is 9.90 Å². The van der Waals surface area contributed by atoms with Crippen LogP contribution in [-0.2, 0) is 4.79 Å². The molecule has 0 aliphatic heterocycles. The van der Waals surface area contributed by atoms with Crippen LogP contribution in [0.4, 0.5) is 5.69 Å². The van der Waals surface area contributed by atoms with Crippen molar-refractivity contribution in [1.82, 2.24) is 0 Å². The number of ether oxygens (including phenoxy) is 1. The van der Waals surface area contributed by atoms with Gasteiger partial charge in [0.05, 0.1) is 7.11 Å². The number of rotatable bonds is 5. The van der Waals surface area contributed by atoms with E-state index in [4.69, 9.17) is 4.74 Å². The second-order valence-corrected chi connectivity index (χ2v) is 5.99. The Morgan fingerprint density at radius 3 is 2.52 bits per heavy atom. The molecule has 0 spiro atoms. The van der Waals surface area contributed by atoms with Gasteiger partial charge in [0.1, 0.15) is 5.75 Å². The van der Waals surface area contributed by atoms with Gasteiger partial charge in [-0.1, -0.05) is 28.1 Å². The molecule has 6 heteroatoms. The first kappa shape index (κ1) is 15.9. The Morgan fingerprint density at radius 1 is 1.19 bits per heavy atom. The number of nitrogens with one attached hydrogen (secondary N) is 1. The second kappa shape index (κ2) is 6.95. The molecule has 1 atom stereocenters. The minimum absolute atomic E-state index is 0.595. The van der Waals surface area contributed by atoms with Crippen LogP contribution < -0.4 is 10.1 Å². The molecule has 4 nitrogen and oxygen atoms in total. The molecule has 0 amide bonds. The molecule has 0 aliphatic carbocycles. The maximum Gasteiger partial charge on any atom is 0.330 e. The van der Waals surface area contributed by atoms with Crippen molar-refractivity contribution in [2.45, 2.75) is 6.04 Å². The molecule has 0 radical (unpaired) electrons. The van der Waals surface area contributed by atoms with Crippen LogP contribution in [0.2, 0.25) is 0 Å². The zero-order valence-electron chi connectivity index (χ0n) is 11.1. The van der Waals surface area contributed by atoms with Crippen LogP contribution in [0.1, 0.15) is 11.6 Å². The minimum atomic E-state index is -0.972. The quantitative estimate of drug-likeness (QED) is 0.758. The summed E-state index contributed by atoms with van der Waals surface area (Å²) in [6.07, 6.45) is 0. The minimum Gasteiger partial charge on any atom is -0.497 e. The Balaban J connectivity index is 2.40. The predicted molar refractivity (Wildman–Crippen MR) is 88.8 cm³/mol. The summed E-state index contributed by atoms with van der Waals surface area (Å²) in [5.74, 6) is -0.368. The summed E-state index contributed by atoms with van der Waals surface area (Å²) >= 11 is 6.79. The van der Waals surface area contributed by atoms with Crippen molar-refractivity contribution in [3.63, 3.8) is 0 Å². The number of hydrogen-bond acceptors (Lipinski definition) is 3. The van der Waals surface area contributed by atoms with E-state index >= 15 is 0 Å². The third kappa shape index (κ3) is 3.77. The number of benzene rings is 2. The SMILES string of the molecule is COc1ccc(Br)c(C(Nc2ccccc2Br)C(=O)O)c1. The number of halogens is 2. The Morgan fingerprint density at radius 2 is 1.90 bits per heavy atom. The van der Waals surface area contributed by atoms with E-state index in [0.717, 1.165) is 4.47 Å².